The van der Waals surface area contributed by atoms with Crippen molar-refractivity contribution in [1.82, 2.24) is 29.6 Å². The number of likely N-dealkylation sites (tertiary alicyclic amines) is 1. The van der Waals surface area contributed by atoms with Crippen molar-refractivity contribution in [2.24, 2.45) is 0 Å². The summed E-state index contributed by atoms with van der Waals surface area (Å²) >= 11 is 0. The van der Waals surface area contributed by atoms with Crippen LogP contribution in [-0.2, 0) is 16.1 Å². The molecule has 14 nitrogen and oxygen atoms in total. The summed E-state index contributed by atoms with van der Waals surface area (Å²) in [4.78, 5) is 26.7. The van der Waals surface area contributed by atoms with Gasteiger partial charge in [0.1, 0.15) is 30.3 Å². The van der Waals surface area contributed by atoms with Crippen LogP contribution in [0.5, 0.6) is 0 Å². The molecule has 2 saturated heterocycles. The van der Waals surface area contributed by atoms with Crippen molar-refractivity contribution in [2.75, 3.05) is 25.0 Å². The van der Waals surface area contributed by atoms with E-state index < -0.39 is 24.5 Å². The molecule has 35 heavy (non-hydrogen) atoms. The van der Waals surface area contributed by atoms with Gasteiger partial charge in [0.15, 0.2) is 29.0 Å². The highest BCUT2D eigenvalue weighted by atomic mass is 16.6. The van der Waals surface area contributed by atoms with Crippen LogP contribution in [0.3, 0.4) is 0 Å². The first-order chi connectivity index (χ1) is 17.0. The highest BCUT2D eigenvalue weighted by Gasteiger charge is 2.47. The molecule has 0 spiro atoms. The van der Waals surface area contributed by atoms with Gasteiger partial charge in [0.05, 0.1) is 19.5 Å². The number of hydrogen-bond donors (Lipinski definition) is 4. The zero-order valence-corrected chi connectivity index (χ0v) is 19.0. The second kappa shape index (κ2) is 9.73. The number of fused-ring (bicyclic) bond motifs is 1. The zero-order chi connectivity index (χ0) is 24.5. The Morgan fingerprint density at radius 3 is 2.74 bits per heavy atom. The summed E-state index contributed by atoms with van der Waals surface area (Å²) in [5, 5.41) is 37.5. The number of piperidine rings is 1. The highest BCUT2D eigenvalue weighted by Crippen LogP contribution is 2.40. The normalized spacial score (nSPS) is 25.3. The number of imidazole rings is 1. The second-order valence-electron chi connectivity index (χ2n) is 8.46. The minimum absolute atomic E-state index is 0.0793. The zero-order valence-electron chi connectivity index (χ0n) is 19.0. The van der Waals surface area contributed by atoms with E-state index >= 15 is 0 Å². The van der Waals surface area contributed by atoms with Gasteiger partial charge in [0.25, 0.3) is 0 Å². The van der Waals surface area contributed by atoms with E-state index in [0.717, 1.165) is 12.8 Å². The molecule has 2 fully saturated rings. The van der Waals surface area contributed by atoms with Gasteiger partial charge < -0.3 is 39.5 Å². The molecule has 0 radical (unpaired) electrons. The van der Waals surface area contributed by atoms with Gasteiger partial charge in [0, 0.05) is 25.2 Å². The fourth-order valence-corrected chi connectivity index (χ4v) is 4.42. The molecule has 2 aliphatic heterocycles. The van der Waals surface area contributed by atoms with E-state index in [1.807, 2.05) is 0 Å². The molecule has 0 bridgehead atoms. The Morgan fingerprint density at radius 1 is 1.23 bits per heavy atom. The molecule has 0 saturated carbocycles. The van der Waals surface area contributed by atoms with E-state index in [9.17, 15) is 20.1 Å². The molecule has 3 aromatic rings. The summed E-state index contributed by atoms with van der Waals surface area (Å²) < 4.78 is 17.7. The molecule has 188 valence electrons. The van der Waals surface area contributed by atoms with E-state index in [4.69, 9.17) is 14.0 Å². The van der Waals surface area contributed by atoms with Crippen LogP contribution in [0.2, 0.25) is 0 Å². The van der Waals surface area contributed by atoms with Gasteiger partial charge in [-0.15, -0.1) is 0 Å². The van der Waals surface area contributed by atoms with Crippen LogP contribution >= 0.6 is 0 Å². The number of amides is 1. The number of ether oxygens (including phenoxy) is 2. The number of nitrogens with one attached hydrogen (secondary N) is 1. The van der Waals surface area contributed by atoms with E-state index in [-0.39, 0.29) is 24.5 Å². The first-order valence-electron chi connectivity index (χ1n) is 11.4. The monoisotopic (exact) mass is 489 g/mol. The Labute approximate surface area is 199 Å². The summed E-state index contributed by atoms with van der Waals surface area (Å²) in [6.45, 7) is 2.95. The van der Waals surface area contributed by atoms with Gasteiger partial charge in [-0.1, -0.05) is 5.16 Å². The number of aliphatic hydroxyl groups is 3. The number of hydrogen-bond acceptors (Lipinski definition) is 12. The lowest BCUT2D eigenvalue weighted by Crippen LogP contribution is -2.42. The quantitative estimate of drug-likeness (QED) is 0.373. The van der Waals surface area contributed by atoms with Crippen molar-refractivity contribution in [3.63, 3.8) is 0 Å². The molecule has 0 aromatic carbocycles. The van der Waals surface area contributed by atoms with Gasteiger partial charge in [-0.3, -0.25) is 4.57 Å². The highest BCUT2D eigenvalue weighted by molar-refractivity contribution is 5.82. The third kappa shape index (κ3) is 4.40. The van der Waals surface area contributed by atoms with Crippen LogP contribution in [0, 0.1) is 0 Å². The van der Waals surface area contributed by atoms with Gasteiger partial charge >= 0.3 is 6.09 Å². The summed E-state index contributed by atoms with van der Waals surface area (Å²) in [7, 11) is 0. The fourth-order valence-electron chi connectivity index (χ4n) is 4.42. The Balaban J connectivity index is 1.31. The molecule has 0 unspecified atom stereocenters. The SMILES string of the molecule is CCOC(=O)N1CCC(Nc2ncnc3c2ncn3[C@@H]2O[C@H](c3cc(CO)no3)[C@@H](O)[C@@H]2O)CC1. The number of aliphatic hydroxyl groups excluding tert-OH is 3. The maximum absolute atomic E-state index is 11.9. The largest absolute Gasteiger partial charge is 0.450 e. The van der Waals surface area contributed by atoms with Crippen LogP contribution in [-0.4, -0.2) is 88.9 Å². The first kappa shape index (κ1) is 23.4. The van der Waals surface area contributed by atoms with E-state index in [2.05, 4.69) is 25.4 Å². The van der Waals surface area contributed by atoms with Gasteiger partial charge in [-0.25, -0.2) is 19.7 Å². The fraction of sp³-hybridized carbons (Fsp3) is 0.571. The Morgan fingerprint density at radius 2 is 2.03 bits per heavy atom. The lowest BCUT2D eigenvalue weighted by Gasteiger charge is -2.31. The number of anilines is 1. The number of rotatable bonds is 6. The smallest absolute Gasteiger partial charge is 0.409 e. The Hall–Kier alpha value is -3.33. The Kier molecular flexibility index (Phi) is 6.51. The topological polar surface area (TPSA) is 181 Å². The van der Waals surface area contributed by atoms with Gasteiger partial charge in [-0.05, 0) is 19.8 Å². The predicted molar refractivity (Wildman–Crippen MR) is 118 cm³/mol. The molecule has 5 heterocycles. The molecule has 1 amide bonds. The van der Waals surface area contributed by atoms with Crippen LogP contribution in [0.15, 0.2) is 23.2 Å². The van der Waals surface area contributed by atoms with E-state index in [1.165, 1.54) is 23.3 Å². The number of nitrogens with zero attached hydrogens (tertiary/aromatic N) is 6. The third-order valence-corrected chi connectivity index (χ3v) is 6.25. The Bertz CT molecular complexity index is 1180. The van der Waals surface area contributed by atoms with Crippen molar-refractivity contribution in [1.29, 1.82) is 0 Å². The van der Waals surface area contributed by atoms with Crippen molar-refractivity contribution in [3.05, 3.63) is 30.2 Å². The summed E-state index contributed by atoms with van der Waals surface area (Å²) in [5.41, 5.74) is 1.19. The minimum atomic E-state index is -1.29. The van der Waals surface area contributed by atoms with Crippen LogP contribution in [0.1, 0.15) is 43.6 Å². The maximum Gasteiger partial charge on any atom is 0.409 e. The second-order valence-corrected chi connectivity index (χ2v) is 8.46. The predicted octanol–water partition coefficient (Wildman–Crippen LogP) is 0.331. The van der Waals surface area contributed by atoms with Crippen LogP contribution in [0.25, 0.3) is 11.2 Å². The van der Waals surface area contributed by atoms with Crippen molar-refractivity contribution >= 4 is 23.1 Å². The van der Waals surface area contributed by atoms with Gasteiger partial charge in [-0.2, -0.15) is 0 Å². The molecule has 3 aromatic heterocycles. The lowest BCUT2D eigenvalue weighted by molar-refractivity contribution is -0.0434. The van der Waals surface area contributed by atoms with Crippen molar-refractivity contribution in [2.45, 2.75) is 57.0 Å². The average molecular weight is 489 g/mol. The van der Waals surface area contributed by atoms with Crippen LogP contribution in [0.4, 0.5) is 10.6 Å². The molecular weight excluding hydrogens is 462 g/mol. The van der Waals surface area contributed by atoms with E-state index in [1.54, 1.807) is 11.8 Å². The average Bonchev–Trinajstić information content (AvgIpc) is 3.58. The summed E-state index contributed by atoms with van der Waals surface area (Å²) in [5.74, 6) is 0.717. The lowest BCUT2D eigenvalue weighted by atomic mass is 10.1. The van der Waals surface area contributed by atoms with Crippen molar-refractivity contribution in [3.8, 4) is 0 Å². The summed E-state index contributed by atoms with van der Waals surface area (Å²) in [6.07, 6.45) is -0.566. The molecule has 5 rings (SSSR count). The van der Waals surface area contributed by atoms with Gasteiger partial charge in [0.2, 0.25) is 0 Å². The number of carbonyl (C=O) groups excluding carboxylic acids is 1. The minimum Gasteiger partial charge on any atom is -0.450 e. The van der Waals surface area contributed by atoms with E-state index in [0.29, 0.717) is 42.4 Å². The number of aromatic nitrogens is 5. The molecule has 0 aliphatic carbocycles. The first-order valence-corrected chi connectivity index (χ1v) is 11.4. The van der Waals surface area contributed by atoms with Crippen molar-refractivity contribution < 1.29 is 34.1 Å². The molecule has 4 atom stereocenters. The molecule has 14 heteroatoms. The molecular formula is C21H27N7O7. The number of carbonyl (C=O) groups is 1. The molecule has 4 N–H and O–H groups in total. The standard InChI is InChI=1S/C21H27N7O7/c1-2-33-21(32)27-5-3-11(4-6-27)25-18-14-19(23-9-22-18)28(10-24-14)20-16(31)15(30)17(34-20)13-7-12(8-29)26-35-13/h7,9-11,15-17,20,29-31H,2-6,8H2,1H3,(H,22,23,25)/t15-,16-,17+,20+/m0/s1. The molecule has 2 aliphatic rings. The third-order valence-electron chi connectivity index (χ3n) is 6.25. The van der Waals surface area contributed by atoms with Crippen LogP contribution < -0.4 is 5.32 Å². The summed E-state index contributed by atoms with van der Waals surface area (Å²) in [6, 6.07) is 1.54. The maximum atomic E-state index is 11.9.